The number of hydrogen-bond acceptors (Lipinski definition) is 3. The molecule has 0 aliphatic carbocycles. The molecule has 5 nitrogen and oxygen atoms in total. The monoisotopic (exact) mass is 283 g/mol. The highest BCUT2D eigenvalue weighted by Gasteiger charge is 2.15. The van der Waals surface area contributed by atoms with Crippen molar-refractivity contribution in [3.63, 3.8) is 0 Å². The van der Waals surface area contributed by atoms with Gasteiger partial charge < -0.3 is 15.2 Å². The van der Waals surface area contributed by atoms with Crippen LogP contribution in [0.3, 0.4) is 0 Å². The molecule has 0 bridgehead atoms. The van der Waals surface area contributed by atoms with E-state index in [0.717, 1.165) is 6.08 Å². The summed E-state index contributed by atoms with van der Waals surface area (Å²) < 4.78 is 5.47. The molecular weight excluding hydrogens is 270 g/mol. The van der Waals surface area contributed by atoms with Gasteiger partial charge in [-0.3, -0.25) is 4.79 Å². The van der Waals surface area contributed by atoms with Crippen molar-refractivity contribution in [3.8, 4) is 5.75 Å². The quantitative estimate of drug-likeness (QED) is 0.810. The average Bonchev–Trinajstić information content (AvgIpc) is 2.36. The third-order valence-corrected chi connectivity index (χ3v) is 2.65. The first-order valence-corrected chi connectivity index (χ1v) is 5.91. The fourth-order valence-corrected chi connectivity index (χ4v) is 1.61. The van der Waals surface area contributed by atoms with Crippen molar-refractivity contribution in [2.24, 2.45) is 0 Å². The van der Waals surface area contributed by atoms with E-state index in [1.54, 1.807) is 25.1 Å². The van der Waals surface area contributed by atoms with Crippen LogP contribution in [0.1, 0.15) is 12.5 Å². The molecule has 0 aromatic heterocycles. The lowest BCUT2D eigenvalue weighted by Gasteiger charge is -2.15. The fraction of sp³-hybridized carbons (Fsp3) is 0.231. The number of carbonyl (C=O) groups is 2. The predicted octanol–water partition coefficient (Wildman–Crippen LogP) is 1.95. The molecule has 0 saturated heterocycles. The van der Waals surface area contributed by atoms with Crippen LogP contribution in [0.25, 0.3) is 6.08 Å². The number of carboxylic acids is 1. The summed E-state index contributed by atoms with van der Waals surface area (Å²) in [5.41, 5.74) is 0.419. The Bertz CT molecular complexity index is 513. The number of carbonyl (C=O) groups excluding carboxylic acids is 1. The third-order valence-electron chi connectivity index (χ3n) is 2.32. The standard InChI is InChI=1S/C13H14ClNO4/c1-8(13(18)15-2)19-11-5-3-4-10(14)9(11)6-7-12(16)17/h3-8H,1-2H3,(H,15,18)(H,16,17)/b7-6+. The van der Waals surface area contributed by atoms with E-state index in [2.05, 4.69) is 5.32 Å². The van der Waals surface area contributed by atoms with Crippen molar-refractivity contribution in [2.45, 2.75) is 13.0 Å². The molecule has 1 rings (SSSR count). The Morgan fingerprint density at radius 3 is 2.74 bits per heavy atom. The van der Waals surface area contributed by atoms with Crippen LogP contribution in [-0.2, 0) is 9.59 Å². The van der Waals surface area contributed by atoms with E-state index in [1.807, 2.05) is 0 Å². The molecule has 1 amide bonds. The highest BCUT2D eigenvalue weighted by molar-refractivity contribution is 6.32. The van der Waals surface area contributed by atoms with Crippen molar-refractivity contribution in [1.29, 1.82) is 0 Å². The lowest BCUT2D eigenvalue weighted by atomic mass is 10.2. The van der Waals surface area contributed by atoms with E-state index < -0.39 is 12.1 Å². The molecule has 0 radical (unpaired) electrons. The third kappa shape index (κ3) is 4.30. The van der Waals surface area contributed by atoms with E-state index in [1.165, 1.54) is 13.1 Å². The van der Waals surface area contributed by atoms with Crippen molar-refractivity contribution in [3.05, 3.63) is 34.9 Å². The van der Waals surface area contributed by atoms with Crippen LogP contribution in [0.2, 0.25) is 5.02 Å². The fourth-order valence-electron chi connectivity index (χ4n) is 1.38. The number of aliphatic carboxylic acids is 1. The first-order valence-electron chi connectivity index (χ1n) is 5.53. The Balaban J connectivity index is 3.03. The lowest BCUT2D eigenvalue weighted by Crippen LogP contribution is -2.33. The Kier molecular flexibility index (Phi) is 5.38. The number of rotatable bonds is 5. The molecule has 1 unspecified atom stereocenters. The highest BCUT2D eigenvalue weighted by atomic mass is 35.5. The second-order valence-electron chi connectivity index (χ2n) is 3.70. The molecule has 102 valence electrons. The van der Waals surface area contributed by atoms with Gasteiger partial charge in [0.25, 0.3) is 5.91 Å². The molecule has 0 fully saturated rings. The second-order valence-corrected chi connectivity index (χ2v) is 4.10. The predicted molar refractivity (Wildman–Crippen MR) is 72.3 cm³/mol. The van der Waals surface area contributed by atoms with Gasteiger partial charge in [0.1, 0.15) is 5.75 Å². The van der Waals surface area contributed by atoms with Crippen LogP contribution in [0.15, 0.2) is 24.3 Å². The number of halogens is 1. The van der Waals surface area contributed by atoms with Crippen molar-refractivity contribution < 1.29 is 19.4 Å². The van der Waals surface area contributed by atoms with Gasteiger partial charge >= 0.3 is 5.97 Å². The zero-order chi connectivity index (χ0) is 14.4. The number of likely N-dealkylation sites (N-methyl/N-ethyl adjacent to an activating group) is 1. The zero-order valence-corrected chi connectivity index (χ0v) is 11.3. The first-order chi connectivity index (χ1) is 8.95. The SMILES string of the molecule is CNC(=O)C(C)Oc1cccc(Cl)c1/C=C/C(=O)O. The van der Waals surface area contributed by atoms with Gasteiger partial charge in [0.15, 0.2) is 6.10 Å². The number of amides is 1. The van der Waals surface area contributed by atoms with Gasteiger partial charge in [-0.1, -0.05) is 17.7 Å². The molecule has 0 spiro atoms. The maximum Gasteiger partial charge on any atom is 0.328 e. The molecule has 0 aliphatic heterocycles. The number of nitrogens with one attached hydrogen (secondary N) is 1. The summed E-state index contributed by atoms with van der Waals surface area (Å²) in [6, 6.07) is 4.89. The van der Waals surface area contributed by atoms with Gasteiger partial charge in [-0.2, -0.15) is 0 Å². The summed E-state index contributed by atoms with van der Waals surface area (Å²) in [6.07, 6.45) is 1.58. The van der Waals surface area contributed by atoms with Gasteiger partial charge in [-0.25, -0.2) is 4.79 Å². The van der Waals surface area contributed by atoms with E-state index >= 15 is 0 Å². The number of benzene rings is 1. The molecule has 1 aromatic rings. The van der Waals surface area contributed by atoms with Gasteiger partial charge in [0.05, 0.1) is 5.02 Å². The molecule has 19 heavy (non-hydrogen) atoms. The van der Waals surface area contributed by atoms with Crippen LogP contribution < -0.4 is 10.1 Å². The molecule has 2 N–H and O–H groups in total. The molecule has 0 saturated carbocycles. The number of ether oxygens (including phenoxy) is 1. The van der Waals surface area contributed by atoms with E-state index in [4.69, 9.17) is 21.4 Å². The maximum atomic E-state index is 11.4. The van der Waals surface area contributed by atoms with Crippen molar-refractivity contribution in [2.75, 3.05) is 7.05 Å². The Morgan fingerprint density at radius 1 is 1.47 bits per heavy atom. The van der Waals surface area contributed by atoms with Gasteiger partial charge in [-0.05, 0) is 25.1 Å². The smallest absolute Gasteiger partial charge is 0.328 e. The zero-order valence-electron chi connectivity index (χ0n) is 10.5. The van der Waals surface area contributed by atoms with Crippen LogP contribution >= 0.6 is 11.6 Å². The Morgan fingerprint density at radius 2 is 2.16 bits per heavy atom. The van der Waals surface area contributed by atoms with E-state index in [0.29, 0.717) is 16.3 Å². The summed E-state index contributed by atoms with van der Waals surface area (Å²) in [5.74, 6) is -1.03. The van der Waals surface area contributed by atoms with Crippen molar-refractivity contribution in [1.82, 2.24) is 5.32 Å². The largest absolute Gasteiger partial charge is 0.480 e. The van der Waals surface area contributed by atoms with Crippen LogP contribution in [0.4, 0.5) is 0 Å². The topological polar surface area (TPSA) is 75.6 Å². The van der Waals surface area contributed by atoms with Crippen LogP contribution in [-0.4, -0.2) is 30.1 Å². The Labute approximate surface area is 115 Å². The van der Waals surface area contributed by atoms with E-state index in [-0.39, 0.29) is 5.91 Å². The van der Waals surface area contributed by atoms with Crippen molar-refractivity contribution >= 4 is 29.6 Å². The molecule has 0 aliphatic rings. The Hall–Kier alpha value is -2.01. The molecule has 1 atom stereocenters. The summed E-state index contributed by atoms with van der Waals surface area (Å²) in [5, 5.41) is 11.4. The second kappa shape index (κ2) is 6.80. The summed E-state index contributed by atoms with van der Waals surface area (Å²) in [7, 11) is 1.51. The minimum absolute atomic E-state index is 0.284. The van der Waals surface area contributed by atoms with Gasteiger partial charge in [0, 0.05) is 18.7 Å². The minimum atomic E-state index is -1.09. The van der Waals surface area contributed by atoms with Gasteiger partial charge in [0.2, 0.25) is 0 Å². The molecule has 6 heteroatoms. The number of carboxylic acid groups (broad SMARTS) is 1. The molecular formula is C13H14ClNO4. The summed E-state index contributed by atoms with van der Waals surface area (Å²) in [4.78, 5) is 21.9. The maximum absolute atomic E-state index is 11.4. The molecule has 0 heterocycles. The van der Waals surface area contributed by atoms with Crippen LogP contribution in [0, 0.1) is 0 Å². The normalized spacial score (nSPS) is 12.2. The van der Waals surface area contributed by atoms with Crippen LogP contribution in [0.5, 0.6) is 5.75 Å². The highest BCUT2D eigenvalue weighted by Crippen LogP contribution is 2.28. The lowest BCUT2D eigenvalue weighted by molar-refractivity contribution is -0.131. The molecule has 1 aromatic carbocycles. The minimum Gasteiger partial charge on any atom is -0.480 e. The summed E-state index contributed by atoms with van der Waals surface area (Å²) in [6.45, 7) is 1.59. The first kappa shape index (κ1) is 15.0. The average molecular weight is 284 g/mol. The summed E-state index contributed by atoms with van der Waals surface area (Å²) >= 11 is 5.99. The van der Waals surface area contributed by atoms with Gasteiger partial charge in [-0.15, -0.1) is 0 Å². The van der Waals surface area contributed by atoms with E-state index in [9.17, 15) is 9.59 Å². The number of hydrogen-bond donors (Lipinski definition) is 2.